The normalized spacial score (nSPS) is 27.6. The number of nitrogens with two attached hydrogens (primary N) is 1. The third-order valence-corrected chi connectivity index (χ3v) is 8.57. The van der Waals surface area contributed by atoms with Crippen molar-refractivity contribution < 1.29 is 50.8 Å². The van der Waals surface area contributed by atoms with Gasteiger partial charge in [-0.1, -0.05) is 6.92 Å². The lowest BCUT2D eigenvalue weighted by atomic mass is 9.85. The van der Waals surface area contributed by atoms with Crippen molar-refractivity contribution in [3.8, 4) is 0 Å². The van der Waals surface area contributed by atoms with Gasteiger partial charge in [0.05, 0.1) is 31.2 Å². The Bertz CT molecular complexity index is 1110. The molecule has 5 N–H and O–H groups in total. The standard InChI is InChI=1S/C12H20N5O11P3/c1-12(9-4-14-11-10(13)15-7-16-17(9)11)3-8(25-6-12)5-26-30(20,21)28-31(22,23)27-29(18,19)24-2/h4,7-8H,3,5-6H2,1-2H3,(H,18,19)(H,20,21)(H,22,23)(H2,13,15,16). The van der Waals surface area contributed by atoms with Crippen molar-refractivity contribution in [2.45, 2.75) is 24.9 Å². The van der Waals surface area contributed by atoms with Gasteiger partial charge in [0.15, 0.2) is 11.5 Å². The van der Waals surface area contributed by atoms with E-state index >= 15 is 0 Å². The molecule has 19 heteroatoms. The first-order chi connectivity index (χ1) is 14.3. The van der Waals surface area contributed by atoms with Crippen molar-refractivity contribution >= 4 is 34.9 Å². The molecule has 1 saturated heterocycles. The third kappa shape index (κ3) is 5.75. The maximum Gasteiger partial charge on any atom is 0.490 e. The molecule has 0 amide bonds. The van der Waals surface area contributed by atoms with Crippen LogP contribution in [0.4, 0.5) is 5.82 Å². The lowest BCUT2D eigenvalue weighted by molar-refractivity contribution is 0.0519. The summed E-state index contributed by atoms with van der Waals surface area (Å²) in [6.07, 6.45) is 2.43. The molecule has 0 aromatic carbocycles. The van der Waals surface area contributed by atoms with Gasteiger partial charge in [-0.2, -0.15) is 13.7 Å². The minimum atomic E-state index is -5.47. The van der Waals surface area contributed by atoms with E-state index in [-0.39, 0.29) is 12.4 Å². The summed E-state index contributed by atoms with van der Waals surface area (Å²) >= 11 is 0. The summed E-state index contributed by atoms with van der Waals surface area (Å²) in [6, 6.07) is 0. The number of imidazole rings is 1. The second-order valence-electron chi connectivity index (χ2n) is 6.77. The van der Waals surface area contributed by atoms with Gasteiger partial charge in [0.1, 0.15) is 6.33 Å². The van der Waals surface area contributed by atoms with E-state index in [1.54, 1.807) is 6.20 Å². The number of hydrogen-bond donors (Lipinski definition) is 4. The van der Waals surface area contributed by atoms with Crippen LogP contribution in [-0.2, 0) is 41.5 Å². The van der Waals surface area contributed by atoms with E-state index in [4.69, 9.17) is 15.4 Å². The van der Waals surface area contributed by atoms with E-state index in [2.05, 4.69) is 32.7 Å². The summed E-state index contributed by atoms with van der Waals surface area (Å²) in [5, 5.41) is 4.12. The minimum absolute atomic E-state index is 0.179. The summed E-state index contributed by atoms with van der Waals surface area (Å²) in [6.45, 7) is 1.53. The fourth-order valence-electron chi connectivity index (χ4n) is 2.96. The molecule has 3 heterocycles. The van der Waals surface area contributed by atoms with Crippen molar-refractivity contribution in [2.24, 2.45) is 0 Å². The highest BCUT2D eigenvalue weighted by Crippen LogP contribution is 2.67. The zero-order valence-electron chi connectivity index (χ0n) is 16.2. The predicted molar refractivity (Wildman–Crippen MR) is 102 cm³/mol. The molecule has 0 saturated carbocycles. The third-order valence-electron chi connectivity index (χ3n) is 4.33. The first-order valence-electron chi connectivity index (χ1n) is 8.43. The molecule has 0 bridgehead atoms. The summed E-state index contributed by atoms with van der Waals surface area (Å²) in [5.74, 6) is 0.193. The number of phosphoric ester groups is 2. The van der Waals surface area contributed by atoms with Crippen LogP contribution in [0.5, 0.6) is 0 Å². The highest BCUT2D eigenvalue weighted by Gasteiger charge is 2.44. The van der Waals surface area contributed by atoms with Gasteiger partial charge in [0.2, 0.25) is 0 Å². The van der Waals surface area contributed by atoms with Crippen LogP contribution in [0.3, 0.4) is 0 Å². The van der Waals surface area contributed by atoms with E-state index in [1.807, 2.05) is 6.92 Å². The lowest BCUT2D eigenvalue weighted by Gasteiger charge is -2.21. The number of hydrogen-bond acceptors (Lipinski definition) is 12. The Morgan fingerprint density at radius 3 is 2.58 bits per heavy atom. The van der Waals surface area contributed by atoms with Gasteiger partial charge in [0.25, 0.3) is 0 Å². The Balaban J connectivity index is 1.63. The molecule has 2 aromatic rings. The molecule has 16 nitrogen and oxygen atoms in total. The first kappa shape index (κ1) is 24.4. The highest BCUT2D eigenvalue weighted by molar-refractivity contribution is 7.66. The second-order valence-corrected chi connectivity index (χ2v) is 11.5. The number of fused-ring (bicyclic) bond motifs is 1. The lowest BCUT2D eigenvalue weighted by Crippen LogP contribution is -2.25. The van der Waals surface area contributed by atoms with E-state index in [9.17, 15) is 23.5 Å². The van der Waals surface area contributed by atoms with Crippen molar-refractivity contribution in [2.75, 3.05) is 26.1 Å². The van der Waals surface area contributed by atoms with Gasteiger partial charge in [-0.15, -0.1) is 0 Å². The number of aromatic nitrogens is 4. The maximum absolute atomic E-state index is 11.9. The minimum Gasteiger partial charge on any atom is -0.381 e. The van der Waals surface area contributed by atoms with Crippen LogP contribution in [-0.4, -0.2) is 60.7 Å². The molecule has 2 aromatic heterocycles. The fraction of sp³-hybridized carbons (Fsp3) is 0.583. The van der Waals surface area contributed by atoms with E-state index in [0.29, 0.717) is 24.9 Å². The smallest absolute Gasteiger partial charge is 0.381 e. The van der Waals surface area contributed by atoms with Crippen molar-refractivity contribution in [1.82, 2.24) is 19.6 Å². The molecule has 1 aliphatic rings. The Morgan fingerprint density at radius 1 is 1.23 bits per heavy atom. The molecule has 31 heavy (non-hydrogen) atoms. The van der Waals surface area contributed by atoms with E-state index < -0.39 is 41.6 Å². The van der Waals surface area contributed by atoms with Gasteiger partial charge >= 0.3 is 23.5 Å². The molecule has 1 fully saturated rings. The Labute approximate surface area is 175 Å². The molecule has 0 radical (unpaired) electrons. The molecule has 174 valence electrons. The fourth-order valence-corrected chi connectivity index (χ4v) is 6.25. The molecule has 1 aliphatic heterocycles. The van der Waals surface area contributed by atoms with Gasteiger partial charge in [-0.05, 0) is 6.42 Å². The Kier molecular flexibility index (Phi) is 6.74. The summed E-state index contributed by atoms with van der Waals surface area (Å²) in [7, 11) is -14.9. The van der Waals surface area contributed by atoms with Crippen LogP contribution in [0, 0.1) is 0 Å². The summed E-state index contributed by atoms with van der Waals surface area (Å²) in [4.78, 5) is 36.1. The van der Waals surface area contributed by atoms with E-state index in [0.717, 1.165) is 0 Å². The van der Waals surface area contributed by atoms with Gasteiger partial charge < -0.3 is 25.2 Å². The van der Waals surface area contributed by atoms with E-state index in [1.165, 1.54) is 10.8 Å². The first-order valence-corrected chi connectivity index (χ1v) is 12.9. The van der Waals surface area contributed by atoms with Crippen LogP contribution in [0.1, 0.15) is 19.0 Å². The SMILES string of the molecule is COP(=O)(O)OP(=O)(O)OP(=O)(O)OCC1CC(C)(c2cnc3c(N)ncnn23)CO1. The van der Waals surface area contributed by atoms with Crippen LogP contribution >= 0.6 is 23.5 Å². The second kappa shape index (κ2) is 8.58. The summed E-state index contributed by atoms with van der Waals surface area (Å²) in [5.41, 5.74) is 6.18. The van der Waals surface area contributed by atoms with Crippen molar-refractivity contribution in [1.29, 1.82) is 0 Å². The number of phosphoric acid groups is 3. The van der Waals surface area contributed by atoms with Crippen LogP contribution in [0.25, 0.3) is 5.65 Å². The topological polar surface area (TPSA) is 227 Å². The van der Waals surface area contributed by atoms with Gasteiger partial charge in [0, 0.05) is 12.5 Å². The Morgan fingerprint density at radius 2 is 1.90 bits per heavy atom. The number of anilines is 1. The molecular weight excluding hydrogens is 483 g/mol. The monoisotopic (exact) mass is 503 g/mol. The average molecular weight is 503 g/mol. The number of nitrogens with zero attached hydrogens (tertiary/aromatic N) is 4. The summed E-state index contributed by atoms with van der Waals surface area (Å²) < 4.78 is 58.3. The van der Waals surface area contributed by atoms with Crippen LogP contribution < -0.4 is 5.73 Å². The van der Waals surface area contributed by atoms with Crippen molar-refractivity contribution in [3.63, 3.8) is 0 Å². The molecular formula is C12H20N5O11P3. The zero-order valence-corrected chi connectivity index (χ0v) is 18.9. The number of nitrogen functional groups attached to an aromatic ring is 1. The molecule has 5 unspecified atom stereocenters. The molecule has 3 rings (SSSR count). The Hall–Kier alpha value is -1.28. The van der Waals surface area contributed by atoms with Crippen molar-refractivity contribution in [3.05, 3.63) is 18.2 Å². The van der Waals surface area contributed by atoms with Crippen LogP contribution in [0.2, 0.25) is 0 Å². The number of ether oxygens (including phenoxy) is 1. The molecule has 5 atom stereocenters. The van der Waals surface area contributed by atoms with Crippen LogP contribution in [0.15, 0.2) is 12.5 Å². The van der Waals surface area contributed by atoms with Gasteiger partial charge in [-0.25, -0.2) is 28.2 Å². The number of rotatable bonds is 9. The maximum atomic E-state index is 11.9. The average Bonchev–Trinajstić information content (AvgIpc) is 3.24. The predicted octanol–water partition coefficient (Wildman–Crippen LogP) is 0.750. The molecule has 0 spiro atoms. The molecule has 0 aliphatic carbocycles. The quantitative estimate of drug-likeness (QED) is 0.346. The largest absolute Gasteiger partial charge is 0.490 e. The highest BCUT2D eigenvalue weighted by atomic mass is 31.3. The zero-order chi connectivity index (χ0) is 23.1. The van der Waals surface area contributed by atoms with Gasteiger partial charge in [-0.3, -0.25) is 9.05 Å².